The maximum absolute atomic E-state index is 12.5. The zero-order valence-corrected chi connectivity index (χ0v) is 13.5. The minimum Gasteiger partial charge on any atom is -0.348 e. The highest BCUT2D eigenvalue weighted by Crippen LogP contribution is 2.19. The van der Waals surface area contributed by atoms with Gasteiger partial charge in [-0.25, -0.2) is 4.98 Å². The lowest BCUT2D eigenvalue weighted by Gasteiger charge is -2.05. The van der Waals surface area contributed by atoms with Gasteiger partial charge in [0.1, 0.15) is 5.65 Å². The Bertz CT molecular complexity index is 818. The second-order valence-electron chi connectivity index (χ2n) is 5.56. The quantitative estimate of drug-likeness (QED) is 0.783. The maximum Gasteiger partial charge on any atom is 0.253 e. The summed E-state index contributed by atoms with van der Waals surface area (Å²) in [4.78, 5) is 16.9. The van der Waals surface area contributed by atoms with Crippen LogP contribution < -0.4 is 5.32 Å². The van der Waals surface area contributed by atoms with Crippen LogP contribution in [0, 0.1) is 0 Å². The van der Waals surface area contributed by atoms with Crippen LogP contribution in [0.2, 0.25) is 0 Å². The molecule has 0 spiro atoms. The average molecular weight is 307 g/mol. The fraction of sp³-hybridized carbons (Fsp3) is 0.263. The van der Waals surface area contributed by atoms with Crippen molar-refractivity contribution < 1.29 is 4.79 Å². The van der Waals surface area contributed by atoms with Crippen LogP contribution in [0.4, 0.5) is 0 Å². The molecule has 0 fully saturated rings. The summed E-state index contributed by atoms with van der Waals surface area (Å²) in [6, 6.07) is 12.1. The number of benzene rings is 1. The molecule has 2 aromatic heterocycles. The van der Waals surface area contributed by atoms with E-state index in [0.717, 1.165) is 29.6 Å². The summed E-state index contributed by atoms with van der Waals surface area (Å²) < 4.78 is 2.00. The highest BCUT2D eigenvalue weighted by atomic mass is 16.1. The third-order valence-corrected chi connectivity index (χ3v) is 4.10. The number of amides is 1. The van der Waals surface area contributed by atoms with Crippen molar-refractivity contribution in [1.82, 2.24) is 14.9 Å². The van der Waals surface area contributed by atoms with Crippen molar-refractivity contribution in [1.29, 1.82) is 0 Å². The fourth-order valence-electron chi connectivity index (χ4n) is 2.71. The highest BCUT2D eigenvalue weighted by molar-refractivity contribution is 6.06. The minimum atomic E-state index is -0.0604. The molecule has 1 aromatic carbocycles. The number of nitrogens with zero attached hydrogens (tertiary/aromatic N) is 2. The number of hydrogen-bond acceptors (Lipinski definition) is 2. The largest absolute Gasteiger partial charge is 0.348 e. The zero-order chi connectivity index (χ0) is 16.2. The van der Waals surface area contributed by atoms with E-state index < -0.39 is 0 Å². The van der Waals surface area contributed by atoms with Gasteiger partial charge in [0.15, 0.2) is 0 Å². The molecule has 0 aliphatic rings. The number of aromatic nitrogens is 2. The molecule has 2 heterocycles. The molecule has 0 aliphatic heterocycles. The summed E-state index contributed by atoms with van der Waals surface area (Å²) in [5, 5.41) is 3.90. The van der Waals surface area contributed by atoms with Gasteiger partial charge in [0.2, 0.25) is 0 Å². The Kier molecular flexibility index (Phi) is 4.42. The summed E-state index contributed by atoms with van der Waals surface area (Å²) in [5.41, 5.74) is 3.94. The fourth-order valence-corrected chi connectivity index (χ4v) is 2.71. The first-order chi connectivity index (χ1) is 11.2. The van der Waals surface area contributed by atoms with Crippen LogP contribution in [-0.2, 0) is 19.5 Å². The van der Waals surface area contributed by atoms with Crippen molar-refractivity contribution in [2.24, 2.45) is 0 Å². The van der Waals surface area contributed by atoms with Gasteiger partial charge < -0.3 is 9.88 Å². The van der Waals surface area contributed by atoms with Gasteiger partial charge in [-0.15, -0.1) is 0 Å². The van der Waals surface area contributed by atoms with Crippen LogP contribution in [0.3, 0.4) is 0 Å². The van der Waals surface area contributed by atoms with Gasteiger partial charge >= 0.3 is 0 Å². The first-order valence-electron chi connectivity index (χ1n) is 8.02. The normalized spacial score (nSPS) is 10.9. The van der Waals surface area contributed by atoms with Crippen LogP contribution in [0.25, 0.3) is 11.0 Å². The smallest absolute Gasteiger partial charge is 0.253 e. The SMILES string of the molecule is CCc1ccc(CNC(=O)c2cn(CC)c3ncccc23)cc1. The van der Waals surface area contributed by atoms with Crippen LogP contribution in [-0.4, -0.2) is 15.5 Å². The van der Waals surface area contributed by atoms with Crippen molar-refractivity contribution in [2.75, 3.05) is 0 Å². The summed E-state index contributed by atoms with van der Waals surface area (Å²) in [5.74, 6) is -0.0604. The van der Waals surface area contributed by atoms with Gasteiger partial charge in [-0.1, -0.05) is 31.2 Å². The van der Waals surface area contributed by atoms with E-state index in [1.807, 2.05) is 29.8 Å². The number of aryl methyl sites for hydroxylation is 2. The second-order valence-corrected chi connectivity index (χ2v) is 5.56. The van der Waals surface area contributed by atoms with E-state index in [-0.39, 0.29) is 5.91 Å². The van der Waals surface area contributed by atoms with Gasteiger partial charge in [0, 0.05) is 30.9 Å². The summed E-state index contributed by atoms with van der Waals surface area (Å²) in [6.45, 7) is 5.50. The highest BCUT2D eigenvalue weighted by Gasteiger charge is 2.14. The van der Waals surface area contributed by atoms with Gasteiger partial charge in [0.25, 0.3) is 5.91 Å². The number of nitrogens with one attached hydrogen (secondary N) is 1. The molecule has 0 atom stereocenters. The molecule has 1 amide bonds. The Balaban J connectivity index is 1.78. The van der Waals surface area contributed by atoms with Gasteiger partial charge in [-0.05, 0) is 36.6 Å². The predicted octanol–water partition coefficient (Wildman–Crippen LogP) is 3.55. The number of pyridine rings is 1. The molecule has 1 N–H and O–H groups in total. The summed E-state index contributed by atoms with van der Waals surface area (Å²) >= 11 is 0. The molecule has 0 saturated heterocycles. The van der Waals surface area contributed by atoms with Crippen LogP contribution in [0.15, 0.2) is 48.8 Å². The van der Waals surface area contributed by atoms with Gasteiger partial charge in [0.05, 0.1) is 5.56 Å². The minimum absolute atomic E-state index is 0.0604. The standard InChI is InChI=1S/C19H21N3O/c1-3-14-7-9-15(10-8-14)12-21-19(23)17-13-22(4-2)18-16(17)6-5-11-20-18/h5-11,13H,3-4,12H2,1-2H3,(H,21,23). The van der Waals surface area contributed by atoms with Crippen molar-refractivity contribution in [3.8, 4) is 0 Å². The van der Waals surface area contributed by atoms with Crippen LogP contribution in [0.5, 0.6) is 0 Å². The summed E-state index contributed by atoms with van der Waals surface area (Å²) in [7, 11) is 0. The second kappa shape index (κ2) is 6.65. The average Bonchev–Trinajstić information content (AvgIpc) is 2.99. The monoisotopic (exact) mass is 307 g/mol. The number of hydrogen-bond donors (Lipinski definition) is 1. The first kappa shape index (κ1) is 15.3. The number of rotatable bonds is 5. The molecular weight excluding hydrogens is 286 g/mol. The van der Waals surface area contributed by atoms with E-state index in [9.17, 15) is 4.79 Å². The Morgan fingerprint density at radius 1 is 1.13 bits per heavy atom. The lowest BCUT2D eigenvalue weighted by Crippen LogP contribution is -2.22. The number of carbonyl (C=O) groups is 1. The molecular formula is C19H21N3O. The van der Waals surface area contributed by atoms with E-state index in [0.29, 0.717) is 12.1 Å². The predicted molar refractivity (Wildman–Crippen MR) is 92.4 cm³/mol. The van der Waals surface area contributed by atoms with Crippen molar-refractivity contribution in [3.05, 3.63) is 65.5 Å². The first-order valence-corrected chi connectivity index (χ1v) is 8.02. The van der Waals surface area contributed by atoms with Gasteiger partial charge in [-0.2, -0.15) is 0 Å². The Morgan fingerprint density at radius 3 is 2.57 bits per heavy atom. The molecule has 4 heteroatoms. The molecule has 0 unspecified atom stereocenters. The van der Waals surface area contributed by atoms with E-state index in [2.05, 4.69) is 41.5 Å². The molecule has 0 radical (unpaired) electrons. The lowest BCUT2D eigenvalue weighted by atomic mass is 10.1. The van der Waals surface area contributed by atoms with Crippen molar-refractivity contribution >= 4 is 16.9 Å². The zero-order valence-electron chi connectivity index (χ0n) is 13.5. The molecule has 118 valence electrons. The molecule has 4 nitrogen and oxygen atoms in total. The Hall–Kier alpha value is -2.62. The van der Waals surface area contributed by atoms with E-state index >= 15 is 0 Å². The molecule has 23 heavy (non-hydrogen) atoms. The Morgan fingerprint density at radius 2 is 1.87 bits per heavy atom. The van der Waals surface area contributed by atoms with Crippen molar-refractivity contribution in [2.45, 2.75) is 33.4 Å². The molecule has 0 aliphatic carbocycles. The lowest BCUT2D eigenvalue weighted by molar-refractivity contribution is 0.0952. The number of fused-ring (bicyclic) bond motifs is 1. The van der Waals surface area contributed by atoms with E-state index in [4.69, 9.17) is 0 Å². The Labute approximate surface area is 136 Å². The third kappa shape index (κ3) is 3.11. The molecule has 3 rings (SSSR count). The van der Waals surface area contributed by atoms with Crippen LogP contribution in [0.1, 0.15) is 35.3 Å². The topological polar surface area (TPSA) is 46.9 Å². The number of carbonyl (C=O) groups excluding carboxylic acids is 1. The summed E-state index contributed by atoms with van der Waals surface area (Å²) in [6.07, 6.45) is 4.66. The van der Waals surface area contributed by atoms with Crippen molar-refractivity contribution in [3.63, 3.8) is 0 Å². The molecule has 0 bridgehead atoms. The molecule has 3 aromatic rings. The van der Waals surface area contributed by atoms with Crippen LogP contribution >= 0.6 is 0 Å². The third-order valence-electron chi connectivity index (χ3n) is 4.10. The molecule has 0 saturated carbocycles. The van der Waals surface area contributed by atoms with E-state index in [1.54, 1.807) is 6.20 Å². The van der Waals surface area contributed by atoms with Gasteiger partial charge in [-0.3, -0.25) is 4.79 Å². The maximum atomic E-state index is 12.5. The van der Waals surface area contributed by atoms with E-state index in [1.165, 1.54) is 5.56 Å².